The molecule has 1 aliphatic heterocycles. The first-order valence-electron chi connectivity index (χ1n) is 1.73. The van der Waals surface area contributed by atoms with E-state index in [1.807, 2.05) is 11.5 Å². The van der Waals surface area contributed by atoms with Gasteiger partial charge in [-0.3, -0.25) is 0 Å². The second-order valence-corrected chi connectivity index (χ2v) is 6.84. The molecule has 0 nitrogen and oxygen atoms in total. The molecule has 1 rings (SSSR count). The van der Waals surface area contributed by atoms with E-state index in [0.29, 0.717) is 4.58 Å². The first kappa shape index (κ1) is 6.13. The Bertz CT molecular complexity index is 116. The third-order valence-corrected chi connectivity index (χ3v) is 4.95. The first-order valence-corrected chi connectivity index (χ1v) is 5.86. The Morgan fingerprint density at radius 3 is 2.71 bits per heavy atom. The highest BCUT2D eigenvalue weighted by molar-refractivity contribution is 8.85. The van der Waals surface area contributed by atoms with E-state index in [9.17, 15) is 0 Å². The summed E-state index contributed by atoms with van der Waals surface area (Å²) in [4.78, 5) is 0. The molecule has 1 heterocycles. The van der Waals surface area contributed by atoms with Gasteiger partial charge >= 0.3 is 0 Å². The lowest BCUT2D eigenvalue weighted by Gasteiger charge is -1.90. The summed E-state index contributed by atoms with van der Waals surface area (Å²) in [5.74, 6) is 0. The average Bonchev–Trinajstić information content (AvgIpc) is 1.87. The van der Waals surface area contributed by atoms with Gasteiger partial charge in [-0.1, -0.05) is 16.9 Å². The molecule has 2 atom stereocenters. The minimum Gasteiger partial charge on any atom is -0.160 e. The Kier molecular flexibility index (Phi) is 2.21. The van der Waals surface area contributed by atoms with Crippen molar-refractivity contribution in [1.29, 1.82) is 0 Å². The number of hydrogen-bond donors (Lipinski definition) is 1. The fourth-order valence-corrected chi connectivity index (χ4v) is 4.75. The van der Waals surface area contributed by atoms with Crippen molar-refractivity contribution in [2.24, 2.45) is 0 Å². The Labute approximate surface area is 59.2 Å². The van der Waals surface area contributed by atoms with Crippen LogP contribution in [0.3, 0.4) is 0 Å². The molecule has 0 N–H and O–H groups in total. The zero-order valence-corrected chi connectivity index (χ0v) is 6.75. The molecule has 0 aromatic carbocycles. The van der Waals surface area contributed by atoms with Crippen molar-refractivity contribution in [2.75, 3.05) is 0 Å². The van der Waals surface area contributed by atoms with Crippen LogP contribution in [0.5, 0.6) is 0 Å². The molecule has 40 valence electrons. The summed E-state index contributed by atoms with van der Waals surface area (Å²) in [6.45, 7) is 0. The predicted octanol–water partition coefficient (Wildman–Crippen LogP) is 1.50. The molecule has 0 aliphatic carbocycles. The molecule has 4 heteroatoms. The van der Waals surface area contributed by atoms with E-state index in [1.54, 1.807) is 10.8 Å². The molecule has 0 aromatic heterocycles. The van der Waals surface area contributed by atoms with Crippen LogP contribution in [0.1, 0.15) is 0 Å². The minimum absolute atomic E-state index is 0.0401. The molecule has 7 heavy (non-hydrogen) atoms. The molecule has 1 aliphatic rings. The van der Waals surface area contributed by atoms with Crippen molar-refractivity contribution >= 4 is 43.1 Å². The summed E-state index contributed by atoms with van der Waals surface area (Å²) >= 11 is 9.10. The maximum absolute atomic E-state index is 4.93. The van der Waals surface area contributed by atoms with Crippen LogP contribution in [-0.2, 0) is 19.7 Å². The largest absolute Gasteiger partial charge is 0.160 e. The maximum Gasteiger partial charge on any atom is 0.0770 e. The van der Waals surface area contributed by atoms with Gasteiger partial charge in [-0.2, -0.15) is 12.6 Å². The first-order chi connectivity index (χ1) is 3.29. The second-order valence-electron chi connectivity index (χ2n) is 1.08. The fourth-order valence-electron chi connectivity index (χ4n) is 0.293. The summed E-state index contributed by atoms with van der Waals surface area (Å²) in [6, 6.07) is 0. The Morgan fingerprint density at radius 1 is 1.86 bits per heavy atom. The Balaban J connectivity index is 2.58. The molecule has 0 fully saturated rings. The fraction of sp³-hybridized carbons (Fsp3) is 0.333. The lowest BCUT2D eigenvalue weighted by atomic mass is 10.7. The summed E-state index contributed by atoms with van der Waals surface area (Å²) in [6.07, 6.45) is 2.03. The SMILES string of the molecule is S=S1C=CC(S)S1. The van der Waals surface area contributed by atoms with Gasteiger partial charge in [-0.25, -0.2) is 0 Å². The number of rotatable bonds is 0. The highest BCUT2D eigenvalue weighted by atomic mass is 33.3. The molecule has 0 saturated heterocycles. The van der Waals surface area contributed by atoms with E-state index in [-0.39, 0.29) is 8.49 Å². The summed E-state index contributed by atoms with van der Waals surface area (Å²) < 4.78 is 0.362. The zero-order valence-electron chi connectivity index (χ0n) is 3.40. The van der Waals surface area contributed by atoms with E-state index < -0.39 is 0 Å². The molecule has 0 saturated carbocycles. The number of thiol groups is 1. The third-order valence-electron chi connectivity index (χ3n) is 0.548. The zero-order chi connectivity index (χ0) is 5.28. The minimum atomic E-state index is 0.0401. The summed E-state index contributed by atoms with van der Waals surface area (Å²) in [7, 11) is 1.76. The molecular weight excluding hydrogens is 164 g/mol. The van der Waals surface area contributed by atoms with Crippen LogP contribution in [0.4, 0.5) is 0 Å². The van der Waals surface area contributed by atoms with Crippen LogP contribution in [0.2, 0.25) is 0 Å². The van der Waals surface area contributed by atoms with Gasteiger partial charge in [0.05, 0.1) is 4.58 Å². The van der Waals surface area contributed by atoms with Crippen LogP contribution in [0, 0.1) is 0 Å². The lowest BCUT2D eigenvalue weighted by Crippen LogP contribution is -1.74. The van der Waals surface area contributed by atoms with E-state index in [1.165, 1.54) is 0 Å². The molecule has 0 amide bonds. The van der Waals surface area contributed by atoms with Crippen LogP contribution < -0.4 is 0 Å². The van der Waals surface area contributed by atoms with E-state index in [2.05, 4.69) is 12.6 Å². The average molecular weight is 168 g/mol. The Morgan fingerprint density at radius 2 is 2.57 bits per heavy atom. The molecule has 0 spiro atoms. The second kappa shape index (κ2) is 2.53. The Hall–Kier alpha value is 1.01. The van der Waals surface area contributed by atoms with Gasteiger partial charge in [0, 0.05) is 0 Å². The van der Waals surface area contributed by atoms with Crippen molar-refractivity contribution in [2.45, 2.75) is 4.58 Å². The molecule has 0 radical (unpaired) electrons. The van der Waals surface area contributed by atoms with Crippen LogP contribution in [-0.4, -0.2) is 4.58 Å². The summed E-state index contributed by atoms with van der Waals surface area (Å²) in [5.41, 5.74) is 0. The van der Waals surface area contributed by atoms with E-state index in [4.69, 9.17) is 11.2 Å². The topological polar surface area (TPSA) is 0 Å². The van der Waals surface area contributed by atoms with Crippen LogP contribution in [0.25, 0.3) is 0 Å². The van der Waals surface area contributed by atoms with Crippen LogP contribution in [0.15, 0.2) is 11.5 Å². The van der Waals surface area contributed by atoms with Gasteiger partial charge < -0.3 is 0 Å². The quantitative estimate of drug-likeness (QED) is 0.430. The van der Waals surface area contributed by atoms with Gasteiger partial charge in [0.1, 0.15) is 0 Å². The molecule has 2 unspecified atom stereocenters. The highest BCUT2D eigenvalue weighted by Gasteiger charge is 2.06. The molecule has 0 bridgehead atoms. The smallest absolute Gasteiger partial charge is 0.0770 e. The van der Waals surface area contributed by atoms with Crippen molar-refractivity contribution < 1.29 is 0 Å². The predicted molar refractivity (Wildman–Crippen MR) is 44.2 cm³/mol. The van der Waals surface area contributed by atoms with Crippen molar-refractivity contribution in [1.82, 2.24) is 0 Å². The van der Waals surface area contributed by atoms with Crippen LogP contribution >= 0.6 is 23.4 Å². The molecular formula is C3H4S4. The van der Waals surface area contributed by atoms with Gasteiger partial charge in [0.25, 0.3) is 0 Å². The standard InChI is InChI=1S/C3H4S4/c4-3-1-2-7(5)6-3/h1-4H. The van der Waals surface area contributed by atoms with E-state index in [0.717, 1.165) is 0 Å². The third kappa shape index (κ3) is 1.76. The lowest BCUT2D eigenvalue weighted by molar-refractivity contribution is 1.73. The van der Waals surface area contributed by atoms with E-state index >= 15 is 0 Å². The normalized spacial score (nSPS) is 39.6. The van der Waals surface area contributed by atoms with Gasteiger partial charge in [0.15, 0.2) is 0 Å². The van der Waals surface area contributed by atoms with Gasteiger partial charge in [-0.15, -0.1) is 0 Å². The van der Waals surface area contributed by atoms with Gasteiger partial charge in [-0.05, 0) is 25.1 Å². The monoisotopic (exact) mass is 168 g/mol. The molecule has 0 aromatic rings. The number of hydrogen-bond acceptors (Lipinski definition) is 3. The van der Waals surface area contributed by atoms with Crippen molar-refractivity contribution in [3.05, 3.63) is 11.5 Å². The van der Waals surface area contributed by atoms with Gasteiger partial charge in [0.2, 0.25) is 0 Å². The van der Waals surface area contributed by atoms with Crippen molar-refractivity contribution in [3.63, 3.8) is 0 Å². The maximum atomic E-state index is 4.93. The highest BCUT2D eigenvalue weighted by Crippen LogP contribution is 2.27. The summed E-state index contributed by atoms with van der Waals surface area (Å²) in [5, 5.41) is 2.03. The van der Waals surface area contributed by atoms with Crippen molar-refractivity contribution in [3.8, 4) is 0 Å².